The molecule has 0 fully saturated rings. The third kappa shape index (κ3) is 5.25. The largest absolute Gasteiger partial charge is 0.494 e. The Morgan fingerprint density at radius 3 is 2.27 bits per heavy atom. The quantitative estimate of drug-likeness (QED) is 0.720. The summed E-state index contributed by atoms with van der Waals surface area (Å²) in [7, 11) is 0. The first-order valence-electron chi connectivity index (χ1n) is 8.65. The summed E-state index contributed by atoms with van der Waals surface area (Å²) in [5.74, 6) is 1.18. The Labute approximate surface area is 154 Å². The van der Waals surface area contributed by atoms with Gasteiger partial charge in [0.2, 0.25) is 0 Å². The van der Waals surface area contributed by atoms with Gasteiger partial charge < -0.3 is 14.4 Å². The molecule has 0 unspecified atom stereocenters. The van der Waals surface area contributed by atoms with E-state index < -0.39 is 0 Å². The van der Waals surface area contributed by atoms with Crippen LogP contribution in [-0.2, 0) is 4.79 Å². The van der Waals surface area contributed by atoms with Crippen LogP contribution in [0, 0.1) is 25.2 Å². The van der Waals surface area contributed by atoms with Crippen molar-refractivity contribution in [3.8, 4) is 17.6 Å². The molecule has 0 aliphatic rings. The van der Waals surface area contributed by atoms with E-state index in [4.69, 9.17) is 14.7 Å². The first-order valence-corrected chi connectivity index (χ1v) is 8.65. The first-order chi connectivity index (χ1) is 12.5. The maximum absolute atomic E-state index is 12.7. The number of hydrogen-bond acceptors (Lipinski definition) is 4. The van der Waals surface area contributed by atoms with Crippen molar-refractivity contribution in [1.82, 2.24) is 0 Å². The van der Waals surface area contributed by atoms with Crippen molar-refractivity contribution in [2.24, 2.45) is 0 Å². The summed E-state index contributed by atoms with van der Waals surface area (Å²) in [5, 5.41) is 8.89. The highest BCUT2D eigenvalue weighted by atomic mass is 16.5. The molecule has 136 valence electrons. The molecule has 26 heavy (non-hydrogen) atoms. The van der Waals surface area contributed by atoms with Gasteiger partial charge in [0, 0.05) is 12.2 Å². The van der Waals surface area contributed by atoms with Crippen molar-refractivity contribution in [1.29, 1.82) is 5.26 Å². The number of benzene rings is 2. The fraction of sp³-hybridized carbons (Fsp3) is 0.333. The lowest BCUT2D eigenvalue weighted by Crippen LogP contribution is -2.35. The summed E-state index contributed by atoms with van der Waals surface area (Å²) < 4.78 is 11.0. The molecule has 5 nitrogen and oxygen atoms in total. The van der Waals surface area contributed by atoms with Gasteiger partial charge >= 0.3 is 0 Å². The fourth-order valence-corrected chi connectivity index (χ4v) is 2.47. The maximum atomic E-state index is 12.7. The van der Waals surface area contributed by atoms with Gasteiger partial charge in [-0.1, -0.05) is 6.07 Å². The Kier molecular flexibility index (Phi) is 7.04. The summed E-state index contributed by atoms with van der Waals surface area (Å²) in [4.78, 5) is 14.3. The summed E-state index contributed by atoms with van der Waals surface area (Å²) >= 11 is 0. The van der Waals surface area contributed by atoms with Crippen molar-refractivity contribution in [2.75, 3.05) is 24.7 Å². The normalized spacial score (nSPS) is 10.1. The Morgan fingerprint density at radius 2 is 1.69 bits per heavy atom. The van der Waals surface area contributed by atoms with Crippen LogP contribution >= 0.6 is 0 Å². The van der Waals surface area contributed by atoms with Crippen molar-refractivity contribution in [3.63, 3.8) is 0 Å². The van der Waals surface area contributed by atoms with Crippen LogP contribution in [0.1, 0.15) is 24.5 Å². The number of carbonyl (C=O) groups excluding carboxylic acids is 1. The van der Waals surface area contributed by atoms with Gasteiger partial charge in [0.25, 0.3) is 5.91 Å². The van der Waals surface area contributed by atoms with Crippen LogP contribution in [0.25, 0.3) is 0 Å². The fourth-order valence-electron chi connectivity index (χ4n) is 2.47. The molecule has 0 radical (unpaired) electrons. The average molecular weight is 352 g/mol. The summed E-state index contributed by atoms with van der Waals surface area (Å²) in [6.45, 7) is 6.79. The maximum Gasteiger partial charge on any atom is 0.264 e. The van der Waals surface area contributed by atoms with Gasteiger partial charge in [0.1, 0.15) is 11.5 Å². The van der Waals surface area contributed by atoms with Crippen LogP contribution in [0.2, 0.25) is 0 Å². The van der Waals surface area contributed by atoms with Gasteiger partial charge in [-0.2, -0.15) is 5.26 Å². The molecule has 2 aromatic carbocycles. The van der Waals surface area contributed by atoms with Crippen LogP contribution in [0.4, 0.5) is 5.69 Å². The summed E-state index contributed by atoms with van der Waals surface area (Å²) in [6.07, 6.45) is 0.266. The van der Waals surface area contributed by atoms with Crippen molar-refractivity contribution >= 4 is 11.6 Å². The minimum absolute atomic E-state index is 0.0909. The number of nitrogens with zero attached hydrogens (tertiary/aromatic N) is 2. The van der Waals surface area contributed by atoms with Crippen LogP contribution in [0.5, 0.6) is 11.5 Å². The van der Waals surface area contributed by atoms with Crippen LogP contribution in [-0.4, -0.2) is 25.7 Å². The molecule has 2 aromatic rings. The molecule has 0 heterocycles. The van der Waals surface area contributed by atoms with Crippen LogP contribution < -0.4 is 14.4 Å². The molecule has 1 amide bonds. The Morgan fingerprint density at radius 1 is 1.04 bits per heavy atom. The number of carbonyl (C=O) groups is 1. The number of rotatable bonds is 8. The number of amides is 1. The van der Waals surface area contributed by atoms with E-state index in [0.29, 0.717) is 18.9 Å². The molecule has 0 bridgehead atoms. The highest BCUT2D eigenvalue weighted by Crippen LogP contribution is 2.21. The molecule has 0 atom stereocenters. The third-order valence-corrected chi connectivity index (χ3v) is 4.05. The molecule has 0 aliphatic heterocycles. The van der Waals surface area contributed by atoms with E-state index in [0.717, 1.165) is 22.6 Å². The second-order valence-electron chi connectivity index (χ2n) is 5.92. The van der Waals surface area contributed by atoms with E-state index in [2.05, 4.69) is 6.07 Å². The molecule has 0 aromatic heterocycles. The Hall–Kier alpha value is -3.00. The number of hydrogen-bond donors (Lipinski definition) is 0. The minimum atomic E-state index is -0.183. The van der Waals surface area contributed by atoms with Crippen molar-refractivity contribution in [2.45, 2.75) is 27.2 Å². The molecule has 5 heteroatoms. The molecular weight excluding hydrogens is 328 g/mol. The number of aryl methyl sites for hydroxylation is 2. The van der Waals surface area contributed by atoms with Crippen molar-refractivity contribution < 1.29 is 14.3 Å². The third-order valence-electron chi connectivity index (χ3n) is 4.05. The predicted molar refractivity (Wildman–Crippen MR) is 102 cm³/mol. The second-order valence-corrected chi connectivity index (χ2v) is 5.92. The smallest absolute Gasteiger partial charge is 0.264 e. The van der Waals surface area contributed by atoms with E-state index in [1.54, 1.807) is 29.2 Å². The molecular formula is C21H24N2O3. The van der Waals surface area contributed by atoms with E-state index in [-0.39, 0.29) is 18.9 Å². The van der Waals surface area contributed by atoms with Gasteiger partial charge in [-0.25, -0.2) is 0 Å². The molecule has 0 N–H and O–H groups in total. The lowest BCUT2D eigenvalue weighted by Gasteiger charge is -2.23. The standard InChI is InChI=1S/C21H24N2O3/c1-4-25-19-8-10-20(11-9-19)26-15-21(24)23(13-5-12-22)18-7-6-16(2)17(3)14-18/h6-11,14H,4-5,13,15H2,1-3H3. The number of ether oxygens (including phenoxy) is 2. The Balaban J connectivity index is 2.06. The average Bonchev–Trinajstić information content (AvgIpc) is 2.64. The minimum Gasteiger partial charge on any atom is -0.494 e. The zero-order chi connectivity index (χ0) is 18.9. The van der Waals surface area contributed by atoms with Crippen LogP contribution in [0.3, 0.4) is 0 Å². The van der Waals surface area contributed by atoms with Crippen LogP contribution in [0.15, 0.2) is 42.5 Å². The topological polar surface area (TPSA) is 62.6 Å². The molecule has 2 rings (SSSR count). The number of nitriles is 1. The van der Waals surface area contributed by atoms with Gasteiger partial charge in [-0.3, -0.25) is 4.79 Å². The van der Waals surface area contributed by atoms with E-state index in [9.17, 15) is 4.79 Å². The molecule has 0 aliphatic carbocycles. The van der Waals surface area contributed by atoms with Gasteiger partial charge in [0.05, 0.1) is 19.1 Å². The zero-order valence-corrected chi connectivity index (χ0v) is 15.5. The molecule has 0 saturated heterocycles. The molecule has 0 saturated carbocycles. The van der Waals surface area contributed by atoms with Gasteiger partial charge in [0.15, 0.2) is 6.61 Å². The summed E-state index contributed by atoms with van der Waals surface area (Å²) in [6, 6.07) is 15.1. The SMILES string of the molecule is CCOc1ccc(OCC(=O)N(CCC#N)c2ccc(C)c(C)c2)cc1. The van der Waals surface area contributed by atoms with Gasteiger partial charge in [-0.05, 0) is 68.3 Å². The molecule has 0 spiro atoms. The number of anilines is 1. The monoisotopic (exact) mass is 352 g/mol. The lowest BCUT2D eigenvalue weighted by molar-refractivity contribution is -0.120. The first kappa shape index (κ1) is 19.3. The lowest BCUT2D eigenvalue weighted by atomic mass is 10.1. The van der Waals surface area contributed by atoms with E-state index >= 15 is 0 Å². The highest BCUT2D eigenvalue weighted by molar-refractivity contribution is 5.94. The highest BCUT2D eigenvalue weighted by Gasteiger charge is 2.17. The predicted octanol–water partition coefficient (Wildman–Crippen LogP) is 4.03. The van der Waals surface area contributed by atoms with Gasteiger partial charge in [-0.15, -0.1) is 0 Å². The van der Waals surface area contributed by atoms with E-state index in [1.807, 2.05) is 39.0 Å². The second kappa shape index (κ2) is 9.47. The summed E-state index contributed by atoms with van der Waals surface area (Å²) in [5.41, 5.74) is 3.04. The Bertz CT molecular complexity index is 779. The van der Waals surface area contributed by atoms with Crippen molar-refractivity contribution in [3.05, 3.63) is 53.6 Å². The zero-order valence-electron chi connectivity index (χ0n) is 15.5. The van der Waals surface area contributed by atoms with E-state index in [1.165, 1.54) is 0 Å².